The maximum atomic E-state index is 4.35. The van der Waals surface area contributed by atoms with Gasteiger partial charge in [-0.05, 0) is 13.1 Å². The Morgan fingerprint density at radius 2 is 1.90 bits per heavy atom. The standard InChI is InChI=1S/C15H17N5/c1-16-6-7-17-15-19-8-11(9-20-15)13-10-18-14-5-3-2-4-12(13)14/h2-5,8-10,16,18H,6-7H2,1H3,(H,17,19,20). The van der Waals surface area contributed by atoms with Crippen LogP contribution in [0.25, 0.3) is 22.0 Å². The number of hydrogen-bond donors (Lipinski definition) is 3. The fourth-order valence-electron chi connectivity index (χ4n) is 2.17. The SMILES string of the molecule is CNCCNc1ncc(-c2c[nH]c3ccccc23)cn1. The minimum atomic E-state index is 0.656. The van der Waals surface area contributed by atoms with Crippen LogP contribution in [-0.4, -0.2) is 35.1 Å². The predicted octanol–water partition coefficient (Wildman–Crippen LogP) is 2.26. The summed E-state index contributed by atoms with van der Waals surface area (Å²) in [7, 11) is 1.92. The molecule has 2 heterocycles. The van der Waals surface area contributed by atoms with Crippen LogP contribution in [0.3, 0.4) is 0 Å². The number of hydrogen-bond acceptors (Lipinski definition) is 4. The molecule has 1 aromatic carbocycles. The molecule has 3 N–H and O–H groups in total. The molecular weight excluding hydrogens is 250 g/mol. The molecule has 0 saturated carbocycles. The Hall–Kier alpha value is -2.40. The Morgan fingerprint density at radius 1 is 1.10 bits per heavy atom. The van der Waals surface area contributed by atoms with Crippen molar-refractivity contribution in [2.24, 2.45) is 0 Å². The molecule has 102 valence electrons. The van der Waals surface area contributed by atoms with Gasteiger partial charge in [0.25, 0.3) is 0 Å². The molecule has 0 aliphatic carbocycles. The molecule has 20 heavy (non-hydrogen) atoms. The topological polar surface area (TPSA) is 65.6 Å². The van der Waals surface area contributed by atoms with E-state index in [0.717, 1.165) is 29.7 Å². The summed E-state index contributed by atoms with van der Waals surface area (Å²) in [6.45, 7) is 1.69. The first-order valence-electron chi connectivity index (χ1n) is 6.65. The highest BCUT2D eigenvalue weighted by Gasteiger charge is 2.06. The summed E-state index contributed by atoms with van der Waals surface area (Å²) in [4.78, 5) is 12.0. The molecular formula is C15H17N5. The zero-order valence-corrected chi connectivity index (χ0v) is 11.4. The number of fused-ring (bicyclic) bond motifs is 1. The molecule has 0 unspecified atom stereocenters. The minimum absolute atomic E-state index is 0.656. The van der Waals surface area contributed by atoms with Crippen molar-refractivity contribution in [3.63, 3.8) is 0 Å². The summed E-state index contributed by atoms with van der Waals surface area (Å²) in [5.74, 6) is 0.656. The molecule has 0 atom stereocenters. The number of anilines is 1. The number of nitrogens with zero attached hydrogens (tertiary/aromatic N) is 2. The first kappa shape index (κ1) is 12.6. The van der Waals surface area contributed by atoms with E-state index >= 15 is 0 Å². The summed E-state index contributed by atoms with van der Waals surface area (Å²) in [6.07, 6.45) is 5.70. The average Bonchev–Trinajstić information content (AvgIpc) is 2.92. The van der Waals surface area contributed by atoms with Gasteiger partial charge in [-0.3, -0.25) is 0 Å². The summed E-state index contributed by atoms with van der Waals surface area (Å²) < 4.78 is 0. The van der Waals surface area contributed by atoms with Gasteiger partial charge in [0.1, 0.15) is 0 Å². The highest BCUT2D eigenvalue weighted by molar-refractivity contribution is 5.95. The zero-order valence-electron chi connectivity index (χ0n) is 11.4. The van der Waals surface area contributed by atoms with Crippen molar-refractivity contribution in [2.45, 2.75) is 0 Å². The van der Waals surface area contributed by atoms with Gasteiger partial charge in [-0.1, -0.05) is 18.2 Å². The Balaban J connectivity index is 1.84. The van der Waals surface area contributed by atoms with Gasteiger partial charge in [-0.25, -0.2) is 9.97 Å². The second kappa shape index (κ2) is 5.71. The minimum Gasteiger partial charge on any atom is -0.361 e. The number of aromatic amines is 1. The summed E-state index contributed by atoms with van der Waals surface area (Å²) >= 11 is 0. The van der Waals surface area contributed by atoms with Crippen LogP contribution in [0, 0.1) is 0 Å². The summed E-state index contributed by atoms with van der Waals surface area (Å²) in [5.41, 5.74) is 3.27. The molecule has 2 aromatic heterocycles. The van der Waals surface area contributed by atoms with E-state index in [2.05, 4.69) is 37.7 Å². The third kappa shape index (κ3) is 2.48. The number of para-hydroxylation sites is 1. The van der Waals surface area contributed by atoms with Crippen LogP contribution >= 0.6 is 0 Å². The van der Waals surface area contributed by atoms with E-state index in [1.165, 1.54) is 5.39 Å². The normalized spacial score (nSPS) is 10.8. The molecule has 0 spiro atoms. The molecule has 5 heteroatoms. The van der Waals surface area contributed by atoms with Gasteiger partial charge in [0.05, 0.1) is 0 Å². The lowest BCUT2D eigenvalue weighted by molar-refractivity contribution is 0.817. The predicted molar refractivity (Wildman–Crippen MR) is 81.7 cm³/mol. The van der Waals surface area contributed by atoms with Crippen LogP contribution in [0.2, 0.25) is 0 Å². The molecule has 0 bridgehead atoms. The maximum absolute atomic E-state index is 4.35. The van der Waals surface area contributed by atoms with Gasteiger partial charge in [-0.15, -0.1) is 0 Å². The van der Waals surface area contributed by atoms with Crippen molar-refractivity contribution in [2.75, 3.05) is 25.5 Å². The van der Waals surface area contributed by atoms with E-state index in [-0.39, 0.29) is 0 Å². The summed E-state index contributed by atoms with van der Waals surface area (Å²) in [5, 5.41) is 7.42. The van der Waals surface area contributed by atoms with Crippen molar-refractivity contribution in [1.82, 2.24) is 20.3 Å². The number of nitrogens with one attached hydrogen (secondary N) is 3. The number of rotatable bonds is 5. The highest BCUT2D eigenvalue weighted by Crippen LogP contribution is 2.27. The van der Waals surface area contributed by atoms with Crippen LogP contribution in [0.4, 0.5) is 5.95 Å². The Bertz CT molecular complexity index is 687. The number of benzene rings is 1. The van der Waals surface area contributed by atoms with E-state index in [1.807, 2.05) is 37.8 Å². The quantitative estimate of drug-likeness (QED) is 0.620. The lowest BCUT2D eigenvalue weighted by atomic mass is 10.1. The van der Waals surface area contributed by atoms with Crippen molar-refractivity contribution in [3.8, 4) is 11.1 Å². The molecule has 0 fully saturated rings. The fourth-order valence-corrected chi connectivity index (χ4v) is 2.17. The van der Waals surface area contributed by atoms with Gasteiger partial charge < -0.3 is 15.6 Å². The zero-order chi connectivity index (χ0) is 13.8. The molecule has 3 aromatic rings. The van der Waals surface area contributed by atoms with Crippen LogP contribution in [0.1, 0.15) is 0 Å². The van der Waals surface area contributed by atoms with E-state index in [0.29, 0.717) is 5.95 Å². The average molecular weight is 267 g/mol. The van der Waals surface area contributed by atoms with Crippen molar-refractivity contribution < 1.29 is 0 Å². The van der Waals surface area contributed by atoms with E-state index in [1.54, 1.807) is 0 Å². The first-order chi connectivity index (χ1) is 9.88. The van der Waals surface area contributed by atoms with Gasteiger partial charge in [0.15, 0.2) is 0 Å². The Labute approximate surface area is 117 Å². The van der Waals surface area contributed by atoms with Gasteiger partial charge >= 0.3 is 0 Å². The molecule has 3 rings (SSSR count). The second-order valence-electron chi connectivity index (χ2n) is 4.57. The van der Waals surface area contributed by atoms with Crippen LogP contribution in [0.5, 0.6) is 0 Å². The van der Waals surface area contributed by atoms with Crippen molar-refractivity contribution in [1.29, 1.82) is 0 Å². The number of aromatic nitrogens is 3. The summed E-state index contributed by atoms with van der Waals surface area (Å²) in [6, 6.07) is 8.22. The lowest BCUT2D eigenvalue weighted by Gasteiger charge is -2.04. The van der Waals surface area contributed by atoms with Crippen LogP contribution < -0.4 is 10.6 Å². The van der Waals surface area contributed by atoms with Crippen molar-refractivity contribution >= 4 is 16.9 Å². The van der Waals surface area contributed by atoms with Gasteiger partial charge in [-0.2, -0.15) is 0 Å². The van der Waals surface area contributed by atoms with Crippen molar-refractivity contribution in [3.05, 3.63) is 42.9 Å². The lowest BCUT2D eigenvalue weighted by Crippen LogP contribution is -2.18. The number of likely N-dealkylation sites (N-methyl/N-ethyl adjacent to an activating group) is 1. The van der Waals surface area contributed by atoms with Crippen LogP contribution in [0.15, 0.2) is 42.9 Å². The third-order valence-electron chi connectivity index (χ3n) is 3.21. The highest BCUT2D eigenvalue weighted by atomic mass is 15.1. The van der Waals surface area contributed by atoms with E-state index in [4.69, 9.17) is 0 Å². The second-order valence-corrected chi connectivity index (χ2v) is 4.57. The molecule has 0 radical (unpaired) electrons. The maximum Gasteiger partial charge on any atom is 0.222 e. The monoisotopic (exact) mass is 267 g/mol. The molecule has 5 nitrogen and oxygen atoms in total. The third-order valence-corrected chi connectivity index (χ3v) is 3.21. The van der Waals surface area contributed by atoms with Gasteiger partial charge in [0.2, 0.25) is 5.95 Å². The van der Waals surface area contributed by atoms with Crippen LogP contribution in [-0.2, 0) is 0 Å². The molecule has 0 saturated heterocycles. The molecule has 0 amide bonds. The van der Waals surface area contributed by atoms with Gasteiger partial charge in [0, 0.05) is 53.7 Å². The van der Waals surface area contributed by atoms with E-state index in [9.17, 15) is 0 Å². The largest absolute Gasteiger partial charge is 0.361 e. The number of H-pyrrole nitrogens is 1. The molecule has 0 aliphatic rings. The Kier molecular flexibility index (Phi) is 3.60. The van der Waals surface area contributed by atoms with E-state index < -0.39 is 0 Å². The first-order valence-corrected chi connectivity index (χ1v) is 6.65. The molecule has 0 aliphatic heterocycles. The fraction of sp³-hybridized carbons (Fsp3) is 0.200. The smallest absolute Gasteiger partial charge is 0.222 e. The Morgan fingerprint density at radius 3 is 2.70 bits per heavy atom.